The summed E-state index contributed by atoms with van der Waals surface area (Å²) in [5.74, 6) is 0. The normalized spacial score (nSPS) is 17.2. The van der Waals surface area contributed by atoms with Gasteiger partial charge >= 0.3 is 0 Å². The van der Waals surface area contributed by atoms with Crippen LogP contribution in [0, 0.1) is 0 Å². The van der Waals surface area contributed by atoms with Gasteiger partial charge < -0.3 is 14.4 Å². The van der Waals surface area contributed by atoms with Crippen LogP contribution in [-0.4, -0.2) is 47.3 Å². The van der Waals surface area contributed by atoms with E-state index in [1.165, 1.54) is 16.6 Å². The van der Waals surface area contributed by atoms with Crippen LogP contribution < -0.4 is 4.90 Å². The average Bonchev–Trinajstić information content (AvgIpc) is 3.01. The molecule has 0 amide bonds. The minimum atomic E-state index is 0.885. The van der Waals surface area contributed by atoms with E-state index in [-0.39, 0.29) is 0 Å². The van der Waals surface area contributed by atoms with Crippen molar-refractivity contribution < 1.29 is 0 Å². The maximum Gasteiger partial charge on any atom is 0.116 e. The number of aliphatic imine (C=N–C) groups is 1. The van der Waals surface area contributed by atoms with Gasteiger partial charge in [-0.05, 0) is 57.1 Å². The molecule has 6 heteroatoms. The summed E-state index contributed by atoms with van der Waals surface area (Å²) in [6, 6.07) is 12.9. The number of benzene rings is 2. The third-order valence-electron chi connectivity index (χ3n) is 5.31. The Morgan fingerprint density at radius 3 is 2.58 bits per heavy atom. The second-order valence-corrected chi connectivity index (χ2v) is 8.49. The summed E-state index contributed by atoms with van der Waals surface area (Å²) in [6.07, 6.45) is 2.15. The highest BCUT2D eigenvalue weighted by atomic mass is 79.9. The van der Waals surface area contributed by atoms with E-state index >= 15 is 0 Å². The molecule has 0 aliphatic carbocycles. The molecule has 3 heterocycles. The van der Waals surface area contributed by atoms with Crippen LogP contribution in [0.1, 0.15) is 5.56 Å². The molecule has 1 saturated heterocycles. The highest BCUT2D eigenvalue weighted by Crippen LogP contribution is 2.44. The molecule has 26 heavy (non-hydrogen) atoms. The number of anilines is 1. The minimum Gasteiger partial charge on any atom is -0.367 e. The van der Waals surface area contributed by atoms with Crippen molar-refractivity contribution >= 4 is 58.8 Å². The van der Waals surface area contributed by atoms with Gasteiger partial charge in [-0.25, -0.2) is 4.99 Å². The molecule has 0 atom stereocenters. The number of hydrogen-bond acceptors (Lipinski definition) is 3. The topological polar surface area (TPSA) is 23.8 Å². The number of piperazine rings is 1. The molecule has 1 aromatic heterocycles. The Morgan fingerprint density at radius 1 is 0.962 bits per heavy atom. The SMILES string of the molecule is CN1CCN(c2ccc(Br)c3c2N=C(Br)c2cccc4ccn-3c24)CC1. The first-order valence-corrected chi connectivity index (χ1v) is 10.3. The highest BCUT2D eigenvalue weighted by Gasteiger charge is 2.25. The second kappa shape index (κ2) is 6.22. The predicted octanol–water partition coefficient (Wildman–Crippen LogP) is 4.93. The fourth-order valence-electron chi connectivity index (χ4n) is 3.89. The van der Waals surface area contributed by atoms with E-state index in [2.05, 4.69) is 95.9 Å². The molecule has 0 saturated carbocycles. The summed E-state index contributed by atoms with van der Waals surface area (Å²) in [7, 11) is 2.18. The molecule has 4 nitrogen and oxygen atoms in total. The van der Waals surface area contributed by atoms with Gasteiger partial charge in [0.25, 0.3) is 0 Å². The quantitative estimate of drug-likeness (QED) is 0.500. The van der Waals surface area contributed by atoms with E-state index in [1.807, 2.05) is 0 Å². The zero-order valence-corrected chi connectivity index (χ0v) is 17.6. The van der Waals surface area contributed by atoms with Crippen molar-refractivity contribution in [1.29, 1.82) is 0 Å². The van der Waals surface area contributed by atoms with Crippen LogP contribution in [0.2, 0.25) is 0 Å². The van der Waals surface area contributed by atoms with E-state index in [9.17, 15) is 0 Å². The van der Waals surface area contributed by atoms with Gasteiger partial charge in [-0.15, -0.1) is 0 Å². The standard InChI is InChI=1S/C20H18Br2N4/c1-24-9-11-25(12-10-24)16-6-5-15(21)19-17(16)23-20(22)14-4-2-3-13-7-8-26(19)18(13)14/h2-8H,9-12H2,1H3. The van der Waals surface area contributed by atoms with Crippen molar-refractivity contribution in [3.8, 4) is 5.69 Å². The molecule has 132 valence electrons. The van der Waals surface area contributed by atoms with E-state index in [0.29, 0.717) is 0 Å². The number of nitrogens with zero attached hydrogens (tertiary/aromatic N) is 4. The van der Waals surface area contributed by atoms with Crippen molar-refractivity contribution in [3.05, 3.63) is 52.6 Å². The molecule has 0 bridgehead atoms. The number of likely N-dealkylation sites (N-methyl/N-ethyl adjacent to an activating group) is 1. The third-order valence-corrected chi connectivity index (χ3v) is 6.55. The number of halogens is 2. The Morgan fingerprint density at radius 2 is 1.77 bits per heavy atom. The van der Waals surface area contributed by atoms with Crippen molar-refractivity contribution in [2.75, 3.05) is 38.1 Å². The van der Waals surface area contributed by atoms with E-state index in [0.717, 1.165) is 52.2 Å². The Bertz CT molecular complexity index is 1050. The lowest BCUT2D eigenvalue weighted by Gasteiger charge is -2.35. The minimum absolute atomic E-state index is 0.885. The van der Waals surface area contributed by atoms with Gasteiger partial charge in [-0.1, -0.05) is 18.2 Å². The smallest absolute Gasteiger partial charge is 0.116 e. The van der Waals surface area contributed by atoms with Gasteiger partial charge in [0.2, 0.25) is 0 Å². The van der Waals surface area contributed by atoms with Gasteiger partial charge in [0.1, 0.15) is 10.3 Å². The first-order valence-electron chi connectivity index (χ1n) is 8.74. The predicted molar refractivity (Wildman–Crippen MR) is 116 cm³/mol. The largest absolute Gasteiger partial charge is 0.367 e. The van der Waals surface area contributed by atoms with Crippen LogP contribution in [0.4, 0.5) is 11.4 Å². The van der Waals surface area contributed by atoms with Crippen LogP contribution >= 0.6 is 31.9 Å². The van der Waals surface area contributed by atoms with Crippen LogP contribution in [-0.2, 0) is 0 Å². The lowest BCUT2D eigenvalue weighted by Crippen LogP contribution is -2.44. The molecule has 0 radical (unpaired) electrons. The Labute approximate surface area is 169 Å². The molecule has 2 aliphatic rings. The zero-order valence-electron chi connectivity index (χ0n) is 14.4. The van der Waals surface area contributed by atoms with Crippen molar-refractivity contribution in [2.45, 2.75) is 0 Å². The van der Waals surface area contributed by atoms with Crippen LogP contribution in [0.3, 0.4) is 0 Å². The number of aromatic nitrogens is 1. The zero-order chi connectivity index (χ0) is 17.8. The number of fused-ring (bicyclic) bond motifs is 2. The van der Waals surface area contributed by atoms with Crippen LogP contribution in [0.15, 0.2) is 52.1 Å². The summed E-state index contributed by atoms with van der Waals surface area (Å²) >= 11 is 7.52. The molecule has 2 aliphatic heterocycles. The van der Waals surface area contributed by atoms with Crippen molar-refractivity contribution in [1.82, 2.24) is 9.47 Å². The number of para-hydroxylation sites is 1. The van der Waals surface area contributed by atoms with Crippen LogP contribution in [0.5, 0.6) is 0 Å². The molecule has 0 N–H and O–H groups in total. The molecular weight excluding hydrogens is 456 g/mol. The fraction of sp³-hybridized carbons (Fsp3) is 0.250. The molecule has 0 unspecified atom stereocenters. The molecular formula is C20H18Br2N4. The monoisotopic (exact) mass is 472 g/mol. The third kappa shape index (κ3) is 2.47. The molecule has 3 aromatic rings. The second-order valence-electron chi connectivity index (χ2n) is 6.89. The van der Waals surface area contributed by atoms with E-state index in [1.54, 1.807) is 0 Å². The Hall–Kier alpha value is -1.63. The summed E-state index contributed by atoms with van der Waals surface area (Å²) in [4.78, 5) is 9.86. The lowest BCUT2D eigenvalue weighted by atomic mass is 10.1. The van der Waals surface area contributed by atoms with Gasteiger partial charge in [0, 0.05) is 47.8 Å². The molecule has 1 fully saturated rings. The first-order chi connectivity index (χ1) is 12.6. The van der Waals surface area contributed by atoms with E-state index < -0.39 is 0 Å². The average molecular weight is 474 g/mol. The van der Waals surface area contributed by atoms with Crippen molar-refractivity contribution in [2.24, 2.45) is 4.99 Å². The summed E-state index contributed by atoms with van der Waals surface area (Å²) in [5.41, 5.74) is 5.64. The van der Waals surface area contributed by atoms with Gasteiger partial charge in [-0.3, -0.25) is 0 Å². The first kappa shape index (κ1) is 16.5. The van der Waals surface area contributed by atoms with Gasteiger partial charge in [0.15, 0.2) is 0 Å². The maximum atomic E-state index is 5.03. The molecule has 0 spiro atoms. The van der Waals surface area contributed by atoms with E-state index in [4.69, 9.17) is 4.99 Å². The van der Waals surface area contributed by atoms with Crippen LogP contribution in [0.25, 0.3) is 16.6 Å². The summed E-state index contributed by atoms with van der Waals surface area (Å²) in [5, 5.41) is 1.22. The van der Waals surface area contributed by atoms with Gasteiger partial charge in [0.05, 0.1) is 16.9 Å². The Balaban J connectivity index is 1.78. The molecule has 2 aromatic carbocycles. The van der Waals surface area contributed by atoms with Gasteiger partial charge in [-0.2, -0.15) is 0 Å². The summed E-state index contributed by atoms with van der Waals surface area (Å²) in [6.45, 7) is 4.19. The molecule has 5 rings (SSSR count). The fourth-order valence-corrected chi connectivity index (χ4v) is 4.90. The van der Waals surface area contributed by atoms with Crippen molar-refractivity contribution in [3.63, 3.8) is 0 Å². The highest BCUT2D eigenvalue weighted by molar-refractivity contribution is 9.18. The Kier molecular flexibility index (Phi) is 3.95. The maximum absolute atomic E-state index is 5.03. The lowest BCUT2D eigenvalue weighted by molar-refractivity contribution is 0.313. The number of rotatable bonds is 1. The number of hydrogen-bond donors (Lipinski definition) is 0. The summed E-state index contributed by atoms with van der Waals surface area (Å²) < 4.78 is 4.21.